The third-order valence-electron chi connectivity index (χ3n) is 3.43. The standard InChI is InChI=1S/C16H17F5N4S/c1-22-15(23-7-5-10-11(17)3-2-4-12(10)18)24-8-6-14-25-13(9-26-14)16(19,20)21/h2-4,9H,5-8H2,1H3,(H2,22,23,24). The first-order valence-corrected chi connectivity index (χ1v) is 8.58. The van der Waals surface area contributed by atoms with Crippen LogP contribution in [0.25, 0.3) is 0 Å². The van der Waals surface area contributed by atoms with Crippen molar-refractivity contribution >= 4 is 17.3 Å². The van der Waals surface area contributed by atoms with Crippen LogP contribution in [0, 0.1) is 11.6 Å². The fourth-order valence-electron chi connectivity index (χ4n) is 2.14. The van der Waals surface area contributed by atoms with Gasteiger partial charge in [0.1, 0.15) is 11.6 Å². The Morgan fingerprint density at radius 2 is 1.73 bits per heavy atom. The van der Waals surface area contributed by atoms with E-state index in [1.165, 1.54) is 25.2 Å². The van der Waals surface area contributed by atoms with Gasteiger partial charge in [-0.3, -0.25) is 4.99 Å². The van der Waals surface area contributed by atoms with Crippen molar-refractivity contribution < 1.29 is 22.0 Å². The topological polar surface area (TPSA) is 49.3 Å². The van der Waals surface area contributed by atoms with Crippen LogP contribution in [0.1, 0.15) is 16.3 Å². The van der Waals surface area contributed by atoms with E-state index < -0.39 is 23.5 Å². The van der Waals surface area contributed by atoms with Crippen LogP contribution in [-0.2, 0) is 19.0 Å². The van der Waals surface area contributed by atoms with Gasteiger partial charge in [-0.1, -0.05) is 6.07 Å². The van der Waals surface area contributed by atoms with Crippen molar-refractivity contribution in [2.24, 2.45) is 4.99 Å². The number of guanidine groups is 1. The van der Waals surface area contributed by atoms with Gasteiger partial charge in [0.25, 0.3) is 0 Å². The van der Waals surface area contributed by atoms with Crippen molar-refractivity contribution in [3.05, 3.63) is 51.5 Å². The highest BCUT2D eigenvalue weighted by molar-refractivity contribution is 7.09. The molecule has 142 valence electrons. The molecule has 2 N–H and O–H groups in total. The number of aromatic nitrogens is 1. The van der Waals surface area contributed by atoms with Crippen molar-refractivity contribution in [2.45, 2.75) is 19.0 Å². The Morgan fingerprint density at radius 1 is 1.12 bits per heavy atom. The van der Waals surface area contributed by atoms with Gasteiger partial charge in [0.05, 0.1) is 5.01 Å². The van der Waals surface area contributed by atoms with Gasteiger partial charge in [0.2, 0.25) is 0 Å². The molecule has 0 amide bonds. The van der Waals surface area contributed by atoms with Gasteiger partial charge in [-0.05, 0) is 18.6 Å². The largest absolute Gasteiger partial charge is 0.434 e. The number of hydrogen-bond donors (Lipinski definition) is 2. The van der Waals surface area contributed by atoms with Crippen LogP contribution in [0.5, 0.6) is 0 Å². The molecule has 26 heavy (non-hydrogen) atoms. The quantitative estimate of drug-likeness (QED) is 0.450. The Bertz CT molecular complexity index is 737. The van der Waals surface area contributed by atoms with Gasteiger partial charge in [-0.2, -0.15) is 13.2 Å². The Morgan fingerprint density at radius 3 is 2.27 bits per heavy atom. The van der Waals surface area contributed by atoms with Crippen LogP contribution in [-0.4, -0.2) is 31.1 Å². The van der Waals surface area contributed by atoms with Crippen LogP contribution < -0.4 is 10.6 Å². The molecular formula is C16H17F5N4S. The van der Waals surface area contributed by atoms with Crippen molar-refractivity contribution in [3.63, 3.8) is 0 Å². The lowest BCUT2D eigenvalue weighted by molar-refractivity contribution is -0.140. The molecule has 0 bridgehead atoms. The summed E-state index contributed by atoms with van der Waals surface area (Å²) < 4.78 is 64.5. The zero-order valence-corrected chi connectivity index (χ0v) is 14.6. The minimum Gasteiger partial charge on any atom is -0.356 e. The van der Waals surface area contributed by atoms with Gasteiger partial charge in [-0.15, -0.1) is 11.3 Å². The highest BCUT2D eigenvalue weighted by Crippen LogP contribution is 2.29. The molecule has 0 saturated heterocycles. The predicted octanol–water partition coefficient (Wildman–Crippen LogP) is 3.39. The third-order valence-corrected chi connectivity index (χ3v) is 4.33. The number of halogens is 5. The first-order chi connectivity index (χ1) is 12.3. The van der Waals surface area contributed by atoms with Gasteiger partial charge in [0, 0.05) is 37.5 Å². The van der Waals surface area contributed by atoms with Gasteiger partial charge < -0.3 is 10.6 Å². The predicted molar refractivity (Wildman–Crippen MR) is 90.2 cm³/mol. The summed E-state index contributed by atoms with van der Waals surface area (Å²) >= 11 is 0.939. The Hall–Kier alpha value is -2.23. The van der Waals surface area contributed by atoms with E-state index in [0.717, 1.165) is 16.7 Å². The summed E-state index contributed by atoms with van der Waals surface area (Å²) in [5.74, 6) is -0.840. The van der Waals surface area contributed by atoms with Gasteiger partial charge in [0.15, 0.2) is 11.7 Å². The number of hydrogen-bond acceptors (Lipinski definition) is 3. The summed E-state index contributed by atoms with van der Waals surface area (Å²) in [7, 11) is 1.52. The zero-order valence-electron chi connectivity index (χ0n) is 13.8. The maximum atomic E-state index is 13.5. The second kappa shape index (κ2) is 8.93. The van der Waals surface area contributed by atoms with Crippen LogP contribution in [0.15, 0.2) is 28.6 Å². The lowest BCUT2D eigenvalue weighted by atomic mass is 10.1. The number of aliphatic imine (C=N–C) groups is 1. The molecule has 10 heteroatoms. The second-order valence-corrected chi connectivity index (χ2v) is 6.19. The van der Waals surface area contributed by atoms with Crippen molar-refractivity contribution in [3.8, 4) is 0 Å². The molecule has 0 unspecified atom stereocenters. The Balaban J connectivity index is 1.77. The summed E-state index contributed by atoms with van der Waals surface area (Å²) in [6.07, 6.45) is -4.02. The van der Waals surface area contributed by atoms with E-state index in [-0.39, 0.29) is 18.5 Å². The number of rotatable bonds is 6. The van der Waals surface area contributed by atoms with E-state index in [1.54, 1.807) is 0 Å². The fourth-order valence-corrected chi connectivity index (χ4v) is 2.95. The molecule has 0 aliphatic rings. The summed E-state index contributed by atoms with van der Waals surface area (Å²) in [6.45, 7) is 0.561. The van der Waals surface area contributed by atoms with E-state index in [1.807, 2.05) is 0 Å². The van der Waals surface area contributed by atoms with Gasteiger partial charge >= 0.3 is 6.18 Å². The molecule has 2 rings (SSSR count). The summed E-state index contributed by atoms with van der Waals surface area (Å²) in [6, 6.07) is 3.67. The number of nitrogens with zero attached hydrogens (tertiary/aromatic N) is 2. The number of nitrogens with one attached hydrogen (secondary N) is 2. The van der Waals surface area contributed by atoms with E-state index in [0.29, 0.717) is 23.9 Å². The van der Waals surface area contributed by atoms with E-state index in [2.05, 4.69) is 20.6 Å². The zero-order chi connectivity index (χ0) is 19.2. The Kier molecular flexibility index (Phi) is 6.90. The minimum absolute atomic E-state index is 0.0158. The average molecular weight is 392 g/mol. The molecule has 0 aliphatic heterocycles. The molecule has 0 atom stereocenters. The van der Waals surface area contributed by atoms with Crippen LogP contribution >= 0.6 is 11.3 Å². The summed E-state index contributed by atoms with van der Waals surface area (Å²) in [5.41, 5.74) is -0.912. The molecule has 4 nitrogen and oxygen atoms in total. The minimum atomic E-state index is -4.44. The SMILES string of the molecule is CN=C(NCCc1nc(C(F)(F)F)cs1)NCCc1c(F)cccc1F. The maximum Gasteiger partial charge on any atom is 0.434 e. The smallest absolute Gasteiger partial charge is 0.356 e. The summed E-state index contributed by atoms with van der Waals surface area (Å²) in [4.78, 5) is 7.48. The van der Waals surface area contributed by atoms with Crippen molar-refractivity contribution in [1.29, 1.82) is 0 Å². The first kappa shape index (κ1) is 20.1. The van der Waals surface area contributed by atoms with Crippen LogP contribution in [0.3, 0.4) is 0 Å². The molecule has 0 radical (unpaired) electrons. The maximum absolute atomic E-state index is 13.5. The first-order valence-electron chi connectivity index (χ1n) is 7.70. The lowest BCUT2D eigenvalue weighted by Gasteiger charge is -2.12. The molecule has 1 heterocycles. The molecular weight excluding hydrogens is 375 g/mol. The molecule has 0 spiro atoms. The molecule has 1 aromatic carbocycles. The Labute approximate surface area is 151 Å². The van der Waals surface area contributed by atoms with Crippen LogP contribution in [0.4, 0.5) is 22.0 Å². The number of thiazole rings is 1. The normalized spacial score (nSPS) is 12.3. The monoisotopic (exact) mass is 392 g/mol. The fraction of sp³-hybridized carbons (Fsp3) is 0.375. The molecule has 0 saturated carbocycles. The number of benzene rings is 1. The van der Waals surface area contributed by atoms with Gasteiger partial charge in [-0.25, -0.2) is 13.8 Å². The average Bonchev–Trinajstić information content (AvgIpc) is 3.05. The second-order valence-electron chi connectivity index (χ2n) is 5.25. The molecule has 0 fully saturated rings. The highest BCUT2D eigenvalue weighted by atomic mass is 32.1. The van der Waals surface area contributed by atoms with Crippen molar-refractivity contribution in [2.75, 3.05) is 20.1 Å². The molecule has 2 aromatic rings. The third kappa shape index (κ3) is 5.65. The van der Waals surface area contributed by atoms with Crippen molar-refractivity contribution in [1.82, 2.24) is 15.6 Å². The molecule has 1 aromatic heterocycles. The molecule has 0 aliphatic carbocycles. The highest BCUT2D eigenvalue weighted by Gasteiger charge is 2.33. The number of alkyl halides is 3. The lowest BCUT2D eigenvalue weighted by Crippen LogP contribution is -2.39. The summed E-state index contributed by atoms with van der Waals surface area (Å²) in [5, 5.41) is 7.15. The van der Waals surface area contributed by atoms with Crippen LogP contribution in [0.2, 0.25) is 0 Å². The van der Waals surface area contributed by atoms with E-state index in [9.17, 15) is 22.0 Å². The van der Waals surface area contributed by atoms with E-state index in [4.69, 9.17) is 0 Å². The van der Waals surface area contributed by atoms with E-state index >= 15 is 0 Å².